The third-order valence-corrected chi connectivity index (χ3v) is 3.04. The van der Waals surface area contributed by atoms with Crippen LogP contribution in [0.15, 0.2) is 24.3 Å². The lowest BCUT2D eigenvalue weighted by Crippen LogP contribution is -2.27. The number of hydrogen-bond donors (Lipinski definition) is 0. The predicted octanol–water partition coefficient (Wildman–Crippen LogP) is 3.59. The second-order valence-corrected chi connectivity index (χ2v) is 5.23. The van der Waals surface area contributed by atoms with Crippen LogP contribution in [0.1, 0.15) is 11.1 Å². The molecule has 0 saturated heterocycles. The van der Waals surface area contributed by atoms with Crippen LogP contribution in [0.5, 0.6) is 0 Å². The Morgan fingerprint density at radius 3 is 2.00 bits per heavy atom. The highest BCUT2D eigenvalue weighted by Gasteiger charge is 2.03. The molecule has 0 radical (unpaired) electrons. The highest BCUT2D eigenvalue weighted by atomic mass is 79.9. The van der Waals surface area contributed by atoms with Gasteiger partial charge in [0.1, 0.15) is 0 Å². The van der Waals surface area contributed by atoms with Crippen molar-refractivity contribution in [3.63, 3.8) is 0 Å². The van der Waals surface area contributed by atoms with Crippen molar-refractivity contribution in [2.24, 2.45) is 0 Å². The fourth-order valence-electron chi connectivity index (χ4n) is 1.46. The molecular weight excluding hydrogens is 318 g/mol. The van der Waals surface area contributed by atoms with Crippen LogP contribution in [0, 0.1) is 6.92 Å². The minimum Gasteiger partial charge on any atom is -0.297 e. The molecule has 0 N–H and O–H groups in total. The Balaban J connectivity index is 2.53. The molecule has 0 spiro atoms. The number of hydrogen-bond acceptors (Lipinski definition) is 1. The van der Waals surface area contributed by atoms with Crippen LogP contribution in [0.4, 0.5) is 0 Å². The number of nitrogens with zero attached hydrogens (tertiary/aromatic N) is 1. The second-order valence-electron chi connectivity index (χ2n) is 3.64. The van der Waals surface area contributed by atoms with E-state index in [-0.39, 0.29) is 0 Å². The van der Waals surface area contributed by atoms with E-state index in [4.69, 9.17) is 0 Å². The minimum atomic E-state index is 1.03. The second kappa shape index (κ2) is 7.42. The van der Waals surface area contributed by atoms with E-state index in [1.165, 1.54) is 11.1 Å². The molecule has 0 heterocycles. The van der Waals surface area contributed by atoms with Gasteiger partial charge in [-0.3, -0.25) is 4.90 Å². The van der Waals surface area contributed by atoms with Crippen molar-refractivity contribution < 1.29 is 0 Å². The number of halogens is 2. The molecule has 0 aromatic heterocycles. The van der Waals surface area contributed by atoms with E-state index in [1.54, 1.807) is 0 Å². The Hall–Kier alpha value is 0.140. The Labute approximate surface area is 109 Å². The Morgan fingerprint density at radius 2 is 1.53 bits per heavy atom. The molecular formula is C12H17Br2N. The summed E-state index contributed by atoms with van der Waals surface area (Å²) in [5, 5.41) is 2.07. The van der Waals surface area contributed by atoms with Crippen LogP contribution in [-0.4, -0.2) is 28.6 Å². The SMILES string of the molecule is Cc1ccc(CN(CCBr)CCBr)cc1. The standard InChI is InChI=1S/C12H17Br2N/c1-11-2-4-12(5-3-11)10-15(8-6-13)9-7-14/h2-5H,6-10H2,1H3. The summed E-state index contributed by atoms with van der Waals surface area (Å²) in [4.78, 5) is 2.44. The molecule has 84 valence electrons. The largest absolute Gasteiger partial charge is 0.297 e. The van der Waals surface area contributed by atoms with Gasteiger partial charge in [0.15, 0.2) is 0 Å². The molecule has 1 rings (SSSR count). The fourth-order valence-corrected chi connectivity index (χ4v) is 2.46. The molecule has 15 heavy (non-hydrogen) atoms. The van der Waals surface area contributed by atoms with E-state index in [2.05, 4.69) is 67.9 Å². The summed E-state index contributed by atoms with van der Waals surface area (Å²) in [5.74, 6) is 0. The van der Waals surface area contributed by atoms with Gasteiger partial charge in [-0.15, -0.1) is 0 Å². The molecule has 0 bridgehead atoms. The Kier molecular flexibility index (Phi) is 6.53. The normalized spacial score (nSPS) is 10.9. The van der Waals surface area contributed by atoms with Gasteiger partial charge >= 0.3 is 0 Å². The Morgan fingerprint density at radius 1 is 1.00 bits per heavy atom. The van der Waals surface area contributed by atoms with Crippen LogP contribution < -0.4 is 0 Å². The zero-order valence-electron chi connectivity index (χ0n) is 9.05. The van der Waals surface area contributed by atoms with Crippen LogP contribution in [-0.2, 0) is 6.54 Å². The van der Waals surface area contributed by atoms with Crippen molar-refractivity contribution in [1.82, 2.24) is 4.90 Å². The van der Waals surface area contributed by atoms with Crippen molar-refractivity contribution in [3.05, 3.63) is 35.4 Å². The summed E-state index contributed by atoms with van der Waals surface area (Å²) >= 11 is 6.98. The molecule has 1 aromatic carbocycles. The van der Waals surface area contributed by atoms with E-state index in [0.29, 0.717) is 0 Å². The van der Waals surface area contributed by atoms with Gasteiger partial charge in [0.25, 0.3) is 0 Å². The summed E-state index contributed by atoms with van der Waals surface area (Å²) in [6.07, 6.45) is 0. The molecule has 1 aromatic rings. The summed E-state index contributed by atoms with van der Waals surface area (Å²) in [6.45, 7) is 5.36. The van der Waals surface area contributed by atoms with Crippen LogP contribution >= 0.6 is 31.9 Å². The number of rotatable bonds is 6. The number of benzene rings is 1. The van der Waals surface area contributed by atoms with E-state index in [9.17, 15) is 0 Å². The van der Waals surface area contributed by atoms with Crippen molar-refractivity contribution in [3.8, 4) is 0 Å². The van der Waals surface area contributed by atoms with Crippen LogP contribution in [0.3, 0.4) is 0 Å². The van der Waals surface area contributed by atoms with Crippen molar-refractivity contribution in [1.29, 1.82) is 0 Å². The van der Waals surface area contributed by atoms with Crippen molar-refractivity contribution in [2.45, 2.75) is 13.5 Å². The van der Waals surface area contributed by atoms with Crippen LogP contribution in [0.2, 0.25) is 0 Å². The van der Waals surface area contributed by atoms with Crippen molar-refractivity contribution in [2.75, 3.05) is 23.7 Å². The topological polar surface area (TPSA) is 3.24 Å². The van der Waals surface area contributed by atoms with E-state index in [1.807, 2.05) is 0 Å². The van der Waals surface area contributed by atoms with Gasteiger partial charge in [0.05, 0.1) is 0 Å². The molecule has 0 unspecified atom stereocenters. The van der Waals surface area contributed by atoms with E-state index < -0.39 is 0 Å². The first-order valence-corrected chi connectivity index (χ1v) is 7.40. The molecule has 0 saturated carbocycles. The third kappa shape index (κ3) is 5.14. The number of aryl methyl sites for hydroxylation is 1. The van der Waals surface area contributed by atoms with Gasteiger partial charge in [-0.05, 0) is 12.5 Å². The van der Waals surface area contributed by atoms with Gasteiger partial charge in [-0.1, -0.05) is 61.7 Å². The molecule has 0 atom stereocenters. The van der Waals surface area contributed by atoms with Gasteiger partial charge in [-0.2, -0.15) is 0 Å². The lowest BCUT2D eigenvalue weighted by molar-refractivity contribution is 0.302. The lowest BCUT2D eigenvalue weighted by atomic mass is 10.1. The quantitative estimate of drug-likeness (QED) is 0.719. The van der Waals surface area contributed by atoms with Gasteiger partial charge in [0.2, 0.25) is 0 Å². The predicted molar refractivity (Wildman–Crippen MR) is 74.0 cm³/mol. The zero-order valence-corrected chi connectivity index (χ0v) is 12.2. The third-order valence-electron chi connectivity index (χ3n) is 2.33. The molecule has 0 aliphatic carbocycles. The molecule has 3 heteroatoms. The molecule has 0 aliphatic heterocycles. The first-order valence-electron chi connectivity index (χ1n) is 5.16. The van der Waals surface area contributed by atoms with E-state index in [0.717, 1.165) is 30.3 Å². The average Bonchev–Trinajstić information content (AvgIpc) is 2.22. The van der Waals surface area contributed by atoms with Crippen LogP contribution in [0.25, 0.3) is 0 Å². The average molecular weight is 335 g/mol. The first-order chi connectivity index (χ1) is 7.26. The number of alkyl halides is 2. The molecule has 0 amide bonds. The van der Waals surface area contributed by atoms with E-state index >= 15 is 0 Å². The molecule has 1 nitrogen and oxygen atoms in total. The highest BCUT2D eigenvalue weighted by Crippen LogP contribution is 2.07. The van der Waals surface area contributed by atoms with Crippen molar-refractivity contribution >= 4 is 31.9 Å². The maximum atomic E-state index is 3.49. The summed E-state index contributed by atoms with van der Waals surface area (Å²) in [7, 11) is 0. The fraction of sp³-hybridized carbons (Fsp3) is 0.500. The summed E-state index contributed by atoms with van der Waals surface area (Å²) < 4.78 is 0. The maximum absolute atomic E-state index is 3.49. The smallest absolute Gasteiger partial charge is 0.0234 e. The van der Waals surface area contributed by atoms with Gasteiger partial charge in [-0.25, -0.2) is 0 Å². The monoisotopic (exact) mass is 333 g/mol. The maximum Gasteiger partial charge on any atom is 0.0234 e. The highest BCUT2D eigenvalue weighted by molar-refractivity contribution is 9.09. The molecule has 0 aliphatic rings. The zero-order chi connectivity index (χ0) is 11.1. The lowest BCUT2D eigenvalue weighted by Gasteiger charge is -2.20. The van der Waals surface area contributed by atoms with Gasteiger partial charge < -0.3 is 0 Å². The summed E-state index contributed by atoms with van der Waals surface area (Å²) in [5.41, 5.74) is 2.72. The van der Waals surface area contributed by atoms with Gasteiger partial charge in [0, 0.05) is 30.3 Å². The first kappa shape index (κ1) is 13.2. The molecule has 0 fully saturated rings. The minimum absolute atomic E-state index is 1.03. The summed E-state index contributed by atoms with van der Waals surface area (Å²) in [6, 6.07) is 8.78. The Bertz CT molecular complexity index is 265.